The Bertz CT molecular complexity index is 2200. The van der Waals surface area contributed by atoms with Crippen molar-refractivity contribution in [3.05, 3.63) is 139 Å². The van der Waals surface area contributed by atoms with E-state index in [1.54, 1.807) is 31.2 Å². The van der Waals surface area contributed by atoms with Crippen molar-refractivity contribution in [3.8, 4) is 0 Å². The van der Waals surface area contributed by atoms with Crippen LogP contribution in [0.15, 0.2) is 121 Å². The van der Waals surface area contributed by atoms with E-state index in [0.717, 1.165) is 11.0 Å². The Morgan fingerprint density at radius 3 is 2.61 bits per heavy atom. The van der Waals surface area contributed by atoms with Gasteiger partial charge < -0.3 is 14.1 Å². The number of aromatic amines is 1. The zero-order valence-electron chi connectivity index (χ0n) is 23.2. The number of imidazole rings is 1. The Balaban J connectivity index is 1.34. The molecule has 0 saturated heterocycles. The second-order valence-corrected chi connectivity index (χ2v) is 11.8. The van der Waals surface area contributed by atoms with E-state index in [2.05, 4.69) is 9.97 Å². The van der Waals surface area contributed by atoms with Gasteiger partial charge in [0.15, 0.2) is 15.1 Å². The van der Waals surface area contributed by atoms with Crippen LogP contribution in [0, 0.1) is 5.82 Å². The summed E-state index contributed by atoms with van der Waals surface area (Å²) in [6, 6.07) is 25.5. The fourth-order valence-electron chi connectivity index (χ4n) is 5.07. The molecule has 0 saturated carbocycles. The first kappa shape index (κ1) is 27.8. The SMILES string of the molecule is CCOC(=O)C1=C(c2ccccc2)N=c2s/c(=C/c3ccc(Sc4nc5ccccc5[nH]4)o3)c(=O)n2[C@H]1c1ccc(F)cc1. The van der Waals surface area contributed by atoms with Crippen LogP contribution in [0.5, 0.6) is 0 Å². The number of H-pyrrole nitrogens is 1. The number of halogens is 1. The quantitative estimate of drug-likeness (QED) is 0.230. The first-order chi connectivity index (χ1) is 21.5. The third-order valence-corrected chi connectivity index (χ3v) is 8.79. The molecule has 44 heavy (non-hydrogen) atoms. The molecule has 0 bridgehead atoms. The minimum Gasteiger partial charge on any atom is -0.463 e. The molecule has 0 amide bonds. The van der Waals surface area contributed by atoms with Crippen LogP contribution in [0.4, 0.5) is 4.39 Å². The molecule has 0 radical (unpaired) electrons. The summed E-state index contributed by atoms with van der Waals surface area (Å²) >= 11 is 2.52. The Morgan fingerprint density at radius 2 is 1.84 bits per heavy atom. The number of fused-ring (bicyclic) bond motifs is 2. The summed E-state index contributed by atoms with van der Waals surface area (Å²) in [7, 11) is 0. The van der Waals surface area contributed by atoms with Crippen LogP contribution in [-0.4, -0.2) is 27.1 Å². The van der Waals surface area contributed by atoms with E-state index in [9.17, 15) is 14.0 Å². The lowest BCUT2D eigenvalue weighted by molar-refractivity contribution is -0.138. The monoisotopic (exact) mass is 622 g/mol. The fourth-order valence-corrected chi connectivity index (χ4v) is 6.82. The van der Waals surface area contributed by atoms with Gasteiger partial charge in [-0.3, -0.25) is 9.36 Å². The van der Waals surface area contributed by atoms with Crippen LogP contribution in [0.25, 0.3) is 22.8 Å². The van der Waals surface area contributed by atoms with Crippen molar-refractivity contribution in [2.75, 3.05) is 6.61 Å². The van der Waals surface area contributed by atoms with Gasteiger partial charge in [-0.05, 0) is 60.6 Å². The maximum Gasteiger partial charge on any atom is 0.338 e. The first-order valence-electron chi connectivity index (χ1n) is 13.7. The highest BCUT2D eigenvalue weighted by Gasteiger charge is 2.35. The zero-order valence-corrected chi connectivity index (χ0v) is 24.8. The van der Waals surface area contributed by atoms with Gasteiger partial charge in [0.1, 0.15) is 11.6 Å². The lowest BCUT2D eigenvalue weighted by Crippen LogP contribution is -2.40. The Morgan fingerprint density at radius 1 is 1.07 bits per heavy atom. The summed E-state index contributed by atoms with van der Waals surface area (Å²) in [6.45, 7) is 1.85. The molecule has 4 heterocycles. The van der Waals surface area contributed by atoms with Crippen LogP contribution >= 0.6 is 23.1 Å². The molecule has 8 nitrogen and oxygen atoms in total. The highest BCUT2D eigenvalue weighted by molar-refractivity contribution is 7.99. The van der Waals surface area contributed by atoms with Crippen molar-refractivity contribution < 1.29 is 18.3 Å². The third-order valence-electron chi connectivity index (χ3n) is 7.00. The van der Waals surface area contributed by atoms with Crippen molar-refractivity contribution in [1.82, 2.24) is 14.5 Å². The molecular weight excluding hydrogens is 600 g/mol. The maximum absolute atomic E-state index is 14.0. The molecule has 0 unspecified atom stereocenters. The smallest absolute Gasteiger partial charge is 0.338 e. The molecule has 7 rings (SSSR count). The van der Waals surface area contributed by atoms with E-state index in [1.165, 1.54) is 39.8 Å². The summed E-state index contributed by atoms with van der Waals surface area (Å²) in [5, 5.41) is 1.29. The summed E-state index contributed by atoms with van der Waals surface area (Å²) in [5.74, 6) is -0.558. The van der Waals surface area contributed by atoms with E-state index in [4.69, 9.17) is 14.1 Å². The van der Waals surface area contributed by atoms with Crippen LogP contribution in [0.1, 0.15) is 29.9 Å². The summed E-state index contributed by atoms with van der Waals surface area (Å²) < 4.78 is 27.3. The highest BCUT2D eigenvalue weighted by Crippen LogP contribution is 2.35. The number of thiazole rings is 1. The van der Waals surface area contributed by atoms with Gasteiger partial charge in [-0.2, -0.15) is 0 Å². The van der Waals surface area contributed by atoms with Gasteiger partial charge in [0.05, 0.1) is 39.5 Å². The molecule has 1 aliphatic rings. The van der Waals surface area contributed by atoms with Crippen molar-refractivity contribution >= 4 is 51.9 Å². The molecule has 3 aromatic heterocycles. The number of furan rings is 1. The summed E-state index contributed by atoms with van der Waals surface area (Å²) in [5.41, 5.74) is 3.26. The number of hydrogen-bond donors (Lipinski definition) is 1. The van der Waals surface area contributed by atoms with E-state index in [0.29, 0.717) is 42.2 Å². The number of para-hydroxylation sites is 2. The molecule has 3 aromatic carbocycles. The van der Waals surface area contributed by atoms with Crippen molar-refractivity contribution in [3.63, 3.8) is 0 Å². The standard InChI is InChI=1S/C33H23FN4O4S2/c1-2-41-31(40)27-28(19-8-4-3-5-9-19)37-33-38(29(27)20-12-14-21(34)15-13-20)30(39)25(43-33)18-22-16-17-26(42-22)44-32-35-23-10-6-7-11-24(23)36-32/h3-18,29H,2H2,1H3,(H,35,36)/b25-18+/t29-/m0/s1. The van der Waals surface area contributed by atoms with Crippen molar-refractivity contribution in [1.29, 1.82) is 0 Å². The van der Waals surface area contributed by atoms with E-state index < -0.39 is 17.8 Å². The van der Waals surface area contributed by atoms with Crippen molar-refractivity contribution in [2.24, 2.45) is 4.99 Å². The Labute approximate surface area is 257 Å². The van der Waals surface area contributed by atoms with Crippen LogP contribution in [0.2, 0.25) is 0 Å². The van der Waals surface area contributed by atoms with E-state index in [-0.39, 0.29) is 17.7 Å². The van der Waals surface area contributed by atoms with Crippen LogP contribution < -0.4 is 14.9 Å². The lowest BCUT2D eigenvalue weighted by atomic mass is 9.93. The minimum atomic E-state index is -0.890. The molecule has 1 aliphatic heterocycles. The maximum atomic E-state index is 14.0. The predicted molar refractivity (Wildman–Crippen MR) is 166 cm³/mol. The van der Waals surface area contributed by atoms with Crippen LogP contribution in [-0.2, 0) is 9.53 Å². The Hall–Kier alpha value is -5.00. The van der Waals surface area contributed by atoms with Gasteiger partial charge in [0.2, 0.25) is 0 Å². The summed E-state index contributed by atoms with van der Waals surface area (Å²) in [6.07, 6.45) is 1.66. The van der Waals surface area contributed by atoms with Gasteiger partial charge in [0, 0.05) is 11.6 Å². The second-order valence-electron chi connectivity index (χ2n) is 9.80. The van der Waals surface area contributed by atoms with Crippen molar-refractivity contribution in [2.45, 2.75) is 23.2 Å². The number of aromatic nitrogens is 3. The van der Waals surface area contributed by atoms with Gasteiger partial charge in [-0.25, -0.2) is 19.2 Å². The topological polar surface area (TPSA) is 102 Å². The number of nitrogens with zero attached hydrogens (tertiary/aromatic N) is 3. The number of carbonyl (C=O) groups excluding carboxylic acids is 1. The molecule has 0 spiro atoms. The average Bonchev–Trinajstić information content (AvgIpc) is 3.74. The minimum absolute atomic E-state index is 0.137. The molecule has 1 N–H and O–H groups in total. The fraction of sp³-hybridized carbons (Fsp3) is 0.0909. The number of nitrogens with one attached hydrogen (secondary N) is 1. The van der Waals surface area contributed by atoms with Gasteiger partial charge in [-0.1, -0.05) is 65.9 Å². The largest absolute Gasteiger partial charge is 0.463 e. The van der Waals surface area contributed by atoms with Crippen LogP contribution in [0.3, 0.4) is 0 Å². The summed E-state index contributed by atoms with van der Waals surface area (Å²) in [4.78, 5) is 40.6. The lowest BCUT2D eigenvalue weighted by Gasteiger charge is -2.25. The molecule has 0 fully saturated rings. The first-order valence-corrected chi connectivity index (χ1v) is 15.4. The average molecular weight is 623 g/mol. The highest BCUT2D eigenvalue weighted by atomic mass is 32.2. The van der Waals surface area contributed by atoms with Gasteiger partial charge in [-0.15, -0.1) is 0 Å². The molecule has 11 heteroatoms. The van der Waals surface area contributed by atoms with Gasteiger partial charge in [0.25, 0.3) is 5.56 Å². The predicted octanol–water partition coefficient (Wildman–Crippen LogP) is 5.70. The molecule has 1 atom stereocenters. The zero-order chi connectivity index (χ0) is 30.2. The number of benzene rings is 3. The number of hydrogen-bond acceptors (Lipinski definition) is 8. The van der Waals surface area contributed by atoms with E-state index >= 15 is 0 Å². The molecular formula is C33H23FN4O4S2. The normalized spacial score (nSPS) is 15.0. The molecule has 218 valence electrons. The van der Waals surface area contributed by atoms with E-state index in [1.807, 2.05) is 60.7 Å². The molecule has 6 aromatic rings. The number of carbonyl (C=O) groups is 1. The molecule has 0 aliphatic carbocycles. The number of esters is 1. The van der Waals surface area contributed by atoms with Gasteiger partial charge >= 0.3 is 5.97 Å². The number of ether oxygens (including phenoxy) is 1. The second kappa shape index (κ2) is 11.6. The Kier molecular flexibility index (Phi) is 7.32. The number of rotatable bonds is 7. The third kappa shape index (κ3) is 5.20.